The van der Waals surface area contributed by atoms with Crippen molar-refractivity contribution in [2.24, 2.45) is 5.73 Å². The summed E-state index contributed by atoms with van der Waals surface area (Å²) in [6.07, 6.45) is 6.83. The molecule has 2 fully saturated rings. The molecule has 0 unspecified atom stereocenters. The topological polar surface area (TPSA) is 69.6 Å². The van der Waals surface area contributed by atoms with Gasteiger partial charge >= 0.3 is 0 Å². The quantitative estimate of drug-likeness (QED) is 0.915. The number of nitrogens with two attached hydrogens (primary N) is 1. The number of nitrogens with zero attached hydrogens (tertiary/aromatic N) is 4. The lowest BCUT2D eigenvalue weighted by Gasteiger charge is -2.08. The van der Waals surface area contributed by atoms with Crippen LogP contribution in [0.4, 0.5) is 0 Å². The molecule has 104 valence electrons. The van der Waals surface area contributed by atoms with Crippen LogP contribution in [0.5, 0.6) is 0 Å². The van der Waals surface area contributed by atoms with Gasteiger partial charge in [-0.25, -0.2) is 4.98 Å². The molecule has 20 heavy (non-hydrogen) atoms. The first-order valence-corrected chi connectivity index (χ1v) is 7.94. The standard InChI is InChI=1S/C14H17N5S/c15-8-9-5-6-16-12(7-9)20-14-18-17-13(10-1-2-10)19(14)11-3-4-11/h5-7,10-11H,1-4,8,15H2. The third kappa shape index (κ3) is 2.33. The van der Waals surface area contributed by atoms with Gasteiger partial charge in [0.2, 0.25) is 0 Å². The van der Waals surface area contributed by atoms with E-state index in [-0.39, 0.29) is 0 Å². The summed E-state index contributed by atoms with van der Waals surface area (Å²) in [5.74, 6) is 1.82. The lowest BCUT2D eigenvalue weighted by molar-refractivity contribution is 0.626. The molecule has 6 heteroatoms. The Morgan fingerprint density at radius 2 is 2.10 bits per heavy atom. The van der Waals surface area contributed by atoms with Crippen molar-refractivity contribution in [2.45, 2.75) is 54.4 Å². The maximum absolute atomic E-state index is 5.68. The van der Waals surface area contributed by atoms with Crippen molar-refractivity contribution >= 4 is 11.8 Å². The largest absolute Gasteiger partial charge is 0.326 e. The van der Waals surface area contributed by atoms with E-state index in [4.69, 9.17) is 5.73 Å². The number of hydrogen-bond acceptors (Lipinski definition) is 5. The molecule has 0 spiro atoms. The number of aromatic nitrogens is 4. The molecule has 0 saturated heterocycles. The van der Waals surface area contributed by atoms with E-state index < -0.39 is 0 Å². The normalized spacial score (nSPS) is 18.4. The maximum Gasteiger partial charge on any atom is 0.197 e. The molecule has 2 N–H and O–H groups in total. The molecule has 0 amide bonds. The predicted octanol–water partition coefficient (Wildman–Crippen LogP) is 2.50. The van der Waals surface area contributed by atoms with Gasteiger partial charge in [0, 0.05) is 24.7 Å². The van der Waals surface area contributed by atoms with Gasteiger partial charge in [0.15, 0.2) is 5.16 Å². The van der Waals surface area contributed by atoms with E-state index in [1.165, 1.54) is 31.5 Å². The van der Waals surface area contributed by atoms with E-state index in [9.17, 15) is 0 Å². The highest BCUT2D eigenvalue weighted by Crippen LogP contribution is 2.46. The molecule has 5 nitrogen and oxygen atoms in total. The highest BCUT2D eigenvalue weighted by molar-refractivity contribution is 7.99. The van der Waals surface area contributed by atoms with Crippen molar-refractivity contribution in [3.05, 3.63) is 29.7 Å². The number of hydrogen-bond donors (Lipinski definition) is 1. The molecule has 0 atom stereocenters. The third-order valence-electron chi connectivity index (χ3n) is 3.78. The highest BCUT2D eigenvalue weighted by Gasteiger charge is 2.36. The Balaban J connectivity index is 1.64. The fourth-order valence-corrected chi connectivity index (χ4v) is 3.31. The van der Waals surface area contributed by atoms with Crippen LogP contribution in [0.15, 0.2) is 28.5 Å². The fraction of sp³-hybridized carbons (Fsp3) is 0.500. The minimum atomic E-state index is 0.540. The lowest BCUT2D eigenvalue weighted by atomic mass is 10.3. The van der Waals surface area contributed by atoms with E-state index in [2.05, 4.69) is 19.7 Å². The zero-order valence-electron chi connectivity index (χ0n) is 11.2. The molecular weight excluding hydrogens is 270 g/mol. The summed E-state index contributed by atoms with van der Waals surface area (Å²) in [6.45, 7) is 0.540. The van der Waals surface area contributed by atoms with E-state index in [0.717, 1.165) is 15.7 Å². The van der Waals surface area contributed by atoms with Crippen molar-refractivity contribution < 1.29 is 0 Å². The number of pyridine rings is 1. The van der Waals surface area contributed by atoms with Gasteiger partial charge < -0.3 is 10.3 Å². The van der Waals surface area contributed by atoms with Crippen LogP contribution in [0.2, 0.25) is 0 Å². The molecule has 0 aromatic carbocycles. The van der Waals surface area contributed by atoms with Crippen LogP contribution in [0.3, 0.4) is 0 Å². The number of rotatable bonds is 5. The van der Waals surface area contributed by atoms with Crippen LogP contribution >= 0.6 is 11.8 Å². The molecule has 0 radical (unpaired) electrons. The predicted molar refractivity (Wildman–Crippen MR) is 76.5 cm³/mol. The first-order valence-electron chi connectivity index (χ1n) is 7.13. The monoisotopic (exact) mass is 287 g/mol. The fourth-order valence-electron chi connectivity index (χ4n) is 2.38. The SMILES string of the molecule is NCc1ccnc(Sc2nnc(C3CC3)n2C2CC2)c1. The Hall–Kier alpha value is -1.40. The Bertz CT molecular complexity index is 630. The summed E-state index contributed by atoms with van der Waals surface area (Å²) in [5.41, 5.74) is 6.78. The van der Waals surface area contributed by atoms with Gasteiger partial charge in [-0.05, 0) is 55.1 Å². The van der Waals surface area contributed by atoms with Crippen LogP contribution in [-0.4, -0.2) is 19.7 Å². The summed E-state index contributed by atoms with van der Waals surface area (Å²) in [7, 11) is 0. The molecule has 4 rings (SSSR count). The lowest BCUT2D eigenvalue weighted by Crippen LogP contribution is -2.02. The molecule has 2 heterocycles. The zero-order chi connectivity index (χ0) is 13.5. The van der Waals surface area contributed by atoms with Gasteiger partial charge in [-0.15, -0.1) is 10.2 Å². The van der Waals surface area contributed by atoms with Gasteiger partial charge in [-0.2, -0.15) is 0 Å². The van der Waals surface area contributed by atoms with Gasteiger partial charge in [-0.3, -0.25) is 0 Å². The molecule has 0 aliphatic heterocycles. The molecule has 0 bridgehead atoms. The maximum atomic E-state index is 5.68. The summed E-state index contributed by atoms with van der Waals surface area (Å²) in [5, 5.41) is 10.7. The van der Waals surface area contributed by atoms with Gasteiger partial charge in [-0.1, -0.05) is 0 Å². The van der Waals surface area contributed by atoms with Crippen LogP contribution in [0.1, 0.15) is 49.0 Å². The summed E-state index contributed by atoms with van der Waals surface area (Å²) >= 11 is 1.60. The Morgan fingerprint density at radius 3 is 2.80 bits per heavy atom. The second-order valence-electron chi connectivity index (χ2n) is 5.52. The third-order valence-corrected chi connectivity index (χ3v) is 4.67. The van der Waals surface area contributed by atoms with Crippen molar-refractivity contribution in [3.63, 3.8) is 0 Å². The second-order valence-corrected chi connectivity index (χ2v) is 6.51. The van der Waals surface area contributed by atoms with Crippen molar-refractivity contribution in [3.8, 4) is 0 Å². The van der Waals surface area contributed by atoms with Crippen molar-refractivity contribution in [1.29, 1.82) is 0 Å². The van der Waals surface area contributed by atoms with Crippen molar-refractivity contribution in [1.82, 2.24) is 19.7 Å². The minimum absolute atomic E-state index is 0.540. The molecule has 2 aliphatic carbocycles. The average molecular weight is 287 g/mol. The molecule has 2 saturated carbocycles. The molecular formula is C14H17N5S. The summed E-state index contributed by atoms with van der Waals surface area (Å²) in [6, 6.07) is 4.60. The highest BCUT2D eigenvalue weighted by atomic mass is 32.2. The van der Waals surface area contributed by atoms with Crippen molar-refractivity contribution in [2.75, 3.05) is 0 Å². The van der Waals surface area contributed by atoms with Gasteiger partial charge in [0.05, 0.1) is 0 Å². The van der Waals surface area contributed by atoms with Crippen LogP contribution < -0.4 is 5.73 Å². The smallest absolute Gasteiger partial charge is 0.197 e. The minimum Gasteiger partial charge on any atom is -0.326 e. The Kier molecular flexibility index (Phi) is 3.00. The van der Waals surface area contributed by atoms with E-state index in [1.54, 1.807) is 11.8 Å². The Labute approximate surface area is 122 Å². The van der Waals surface area contributed by atoms with E-state index in [1.807, 2.05) is 18.3 Å². The molecule has 2 aliphatic rings. The van der Waals surface area contributed by atoms with Crippen LogP contribution in [-0.2, 0) is 6.54 Å². The second kappa shape index (κ2) is 4.86. The Morgan fingerprint density at radius 1 is 1.25 bits per heavy atom. The first-order chi connectivity index (χ1) is 9.85. The molecule has 2 aromatic heterocycles. The zero-order valence-corrected chi connectivity index (χ0v) is 12.0. The average Bonchev–Trinajstić information content (AvgIpc) is 3.38. The van der Waals surface area contributed by atoms with E-state index >= 15 is 0 Å². The van der Waals surface area contributed by atoms with Crippen LogP contribution in [0, 0.1) is 0 Å². The van der Waals surface area contributed by atoms with E-state index in [0.29, 0.717) is 18.5 Å². The summed E-state index contributed by atoms with van der Waals surface area (Å²) in [4.78, 5) is 4.40. The van der Waals surface area contributed by atoms with Gasteiger partial charge in [0.1, 0.15) is 10.9 Å². The van der Waals surface area contributed by atoms with Gasteiger partial charge in [0.25, 0.3) is 0 Å². The van der Waals surface area contributed by atoms with Crippen LogP contribution in [0.25, 0.3) is 0 Å². The molecule has 2 aromatic rings. The summed E-state index contributed by atoms with van der Waals surface area (Å²) < 4.78 is 2.35. The first kappa shape index (κ1) is 12.3.